The molecule has 1 atom stereocenters. The summed E-state index contributed by atoms with van der Waals surface area (Å²) in [6.45, 7) is 5.29. The number of benzene rings is 2. The number of hydrogen-bond acceptors (Lipinski definition) is 6. The molecule has 3 amide bonds. The SMILES string of the molecule is O=C(NCCCN1CCOCC1)C(=O)C(Cc1ccccc1)NC(=O)C1CCN(C(=O)C=Cc2ccccc2)CC1. The van der Waals surface area contributed by atoms with Gasteiger partial charge >= 0.3 is 0 Å². The molecule has 9 nitrogen and oxygen atoms in total. The third kappa shape index (κ3) is 9.65. The Labute approximate surface area is 241 Å². The Kier molecular flexibility index (Phi) is 11.6. The number of ketones is 1. The van der Waals surface area contributed by atoms with Crippen LogP contribution in [0, 0.1) is 5.92 Å². The molecule has 1 unspecified atom stereocenters. The van der Waals surface area contributed by atoms with Crippen LogP contribution in [0.1, 0.15) is 30.4 Å². The molecular weight excluding hydrogens is 520 g/mol. The highest BCUT2D eigenvalue weighted by atomic mass is 16.5. The predicted molar refractivity (Wildman–Crippen MR) is 157 cm³/mol. The molecule has 0 saturated carbocycles. The van der Waals surface area contributed by atoms with Crippen LogP contribution in [0.15, 0.2) is 66.7 Å². The number of carbonyl (C=O) groups excluding carboxylic acids is 4. The quantitative estimate of drug-likeness (QED) is 0.234. The van der Waals surface area contributed by atoms with Crippen LogP contribution >= 0.6 is 0 Å². The van der Waals surface area contributed by atoms with E-state index in [1.165, 1.54) is 0 Å². The maximum Gasteiger partial charge on any atom is 0.289 e. The number of piperidine rings is 1. The lowest BCUT2D eigenvalue weighted by atomic mass is 9.94. The van der Waals surface area contributed by atoms with Crippen molar-refractivity contribution in [2.45, 2.75) is 31.7 Å². The van der Waals surface area contributed by atoms with Crippen molar-refractivity contribution in [2.75, 3.05) is 52.5 Å². The van der Waals surface area contributed by atoms with Crippen LogP contribution in [0.3, 0.4) is 0 Å². The van der Waals surface area contributed by atoms with Gasteiger partial charge in [-0.2, -0.15) is 0 Å². The van der Waals surface area contributed by atoms with Crippen molar-refractivity contribution in [3.05, 3.63) is 77.9 Å². The van der Waals surface area contributed by atoms with Gasteiger partial charge in [0.2, 0.25) is 17.6 Å². The van der Waals surface area contributed by atoms with Crippen molar-refractivity contribution < 1.29 is 23.9 Å². The number of rotatable bonds is 12. The van der Waals surface area contributed by atoms with Crippen molar-refractivity contribution in [1.82, 2.24) is 20.4 Å². The van der Waals surface area contributed by atoms with E-state index >= 15 is 0 Å². The molecule has 2 aromatic rings. The summed E-state index contributed by atoms with van der Waals surface area (Å²) in [4.78, 5) is 55.8. The van der Waals surface area contributed by atoms with E-state index in [1.54, 1.807) is 17.1 Å². The molecule has 2 N–H and O–H groups in total. The number of amides is 3. The first-order valence-corrected chi connectivity index (χ1v) is 14.5. The summed E-state index contributed by atoms with van der Waals surface area (Å²) in [5.74, 6) is -2.01. The molecule has 0 spiro atoms. The van der Waals surface area contributed by atoms with Gasteiger partial charge in [0.25, 0.3) is 5.91 Å². The molecule has 2 heterocycles. The fourth-order valence-electron chi connectivity index (χ4n) is 5.12. The van der Waals surface area contributed by atoms with Gasteiger partial charge in [0.05, 0.1) is 13.2 Å². The first kappa shape index (κ1) is 30.1. The van der Waals surface area contributed by atoms with Gasteiger partial charge in [-0.05, 0) is 43.0 Å². The summed E-state index contributed by atoms with van der Waals surface area (Å²) in [5.41, 5.74) is 1.81. The second kappa shape index (κ2) is 15.8. The summed E-state index contributed by atoms with van der Waals surface area (Å²) < 4.78 is 5.36. The van der Waals surface area contributed by atoms with Crippen LogP contribution in [0.2, 0.25) is 0 Å². The predicted octanol–water partition coefficient (Wildman–Crippen LogP) is 2.07. The summed E-state index contributed by atoms with van der Waals surface area (Å²) >= 11 is 0. The van der Waals surface area contributed by atoms with E-state index in [1.807, 2.05) is 60.7 Å². The molecule has 2 aliphatic heterocycles. The summed E-state index contributed by atoms with van der Waals surface area (Å²) in [5, 5.41) is 5.59. The van der Waals surface area contributed by atoms with E-state index in [2.05, 4.69) is 15.5 Å². The fraction of sp³-hybridized carbons (Fsp3) is 0.438. The van der Waals surface area contributed by atoms with Gasteiger partial charge in [0.1, 0.15) is 6.04 Å². The van der Waals surface area contributed by atoms with E-state index in [0.29, 0.717) is 45.7 Å². The molecule has 41 heavy (non-hydrogen) atoms. The van der Waals surface area contributed by atoms with E-state index in [4.69, 9.17) is 4.74 Å². The van der Waals surface area contributed by atoms with Crippen LogP contribution in [0.5, 0.6) is 0 Å². The molecule has 0 aliphatic carbocycles. The van der Waals surface area contributed by atoms with Crippen LogP contribution in [0.4, 0.5) is 0 Å². The fourth-order valence-corrected chi connectivity index (χ4v) is 5.12. The van der Waals surface area contributed by atoms with Crippen LogP contribution in [-0.4, -0.2) is 91.8 Å². The molecular formula is C32H40N4O5. The van der Waals surface area contributed by atoms with Gasteiger partial charge in [0.15, 0.2) is 0 Å². The van der Waals surface area contributed by atoms with Crippen LogP contribution in [-0.2, 0) is 30.3 Å². The maximum atomic E-state index is 13.2. The smallest absolute Gasteiger partial charge is 0.289 e. The highest BCUT2D eigenvalue weighted by Crippen LogP contribution is 2.19. The Morgan fingerprint density at radius 3 is 2.24 bits per heavy atom. The number of Topliss-reactive ketones (excluding diaryl/α,β-unsaturated/α-hetero) is 1. The standard InChI is InChI=1S/C32H40N4O5/c37-29(13-12-25-8-3-1-4-9-25)36-18-14-27(15-19-36)31(39)34-28(24-26-10-5-2-6-11-26)30(38)32(40)33-16-7-17-35-20-22-41-23-21-35/h1-6,8-13,27-28H,7,14-24H2,(H,33,40)(H,34,39). The second-order valence-corrected chi connectivity index (χ2v) is 10.5. The maximum absolute atomic E-state index is 13.2. The number of morpholine rings is 1. The average molecular weight is 561 g/mol. The number of nitrogens with one attached hydrogen (secondary N) is 2. The summed E-state index contributed by atoms with van der Waals surface area (Å²) in [7, 11) is 0. The van der Waals surface area contributed by atoms with Crippen molar-refractivity contribution in [3.8, 4) is 0 Å². The van der Waals surface area contributed by atoms with Crippen LogP contribution < -0.4 is 10.6 Å². The molecule has 0 bridgehead atoms. The van der Waals surface area contributed by atoms with Gasteiger partial charge in [-0.15, -0.1) is 0 Å². The molecule has 2 aliphatic rings. The molecule has 2 aromatic carbocycles. The highest BCUT2D eigenvalue weighted by molar-refractivity contribution is 6.38. The lowest BCUT2D eigenvalue weighted by Gasteiger charge is -2.31. The number of likely N-dealkylation sites (tertiary alicyclic amines) is 1. The number of carbonyl (C=O) groups is 4. The lowest BCUT2D eigenvalue weighted by Crippen LogP contribution is -2.51. The Bertz CT molecular complexity index is 1170. The third-order valence-electron chi connectivity index (χ3n) is 7.58. The van der Waals surface area contributed by atoms with E-state index in [0.717, 1.165) is 37.2 Å². The zero-order chi connectivity index (χ0) is 28.9. The molecule has 0 aromatic heterocycles. The van der Waals surface area contributed by atoms with Gasteiger partial charge < -0.3 is 20.3 Å². The third-order valence-corrected chi connectivity index (χ3v) is 7.58. The Hall–Kier alpha value is -3.82. The first-order valence-electron chi connectivity index (χ1n) is 14.5. The van der Waals surface area contributed by atoms with Crippen molar-refractivity contribution in [2.24, 2.45) is 5.92 Å². The largest absolute Gasteiger partial charge is 0.379 e. The lowest BCUT2D eigenvalue weighted by molar-refractivity contribution is -0.140. The molecule has 9 heteroatoms. The van der Waals surface area contributed by atoms with Gasteiger partial charge in [-0.25, -0.2) is 0 Å². The summed E-state index contributed by atoms with van der Waals surface area (Å²) in [6, 6.07) is 18.0. The van der Waals surface area contributed by atoms with Crippen molar-refractivity contribution in [3.63, 3.8) is 0 Å². The normalized spacial score (nSPS) is 17.2. The summed E-state index contributed by atoms with van der Waals surface area (Å²) in [6.07, 6.45) is 5.30. The second-order valence-electron chi connectivity index (χ2n) is 10.5. The van der Waals surface area contributed by atoms with Gasteiger partial charge in [-0.3, -0.25) is 24.1 Å². The molecule has 218 valence electrons. The minimum Gasteiger partial charge on any atom is -0.379 e. The number of nitrogens with zero attached hydrogens (tertiary/aromatic N) is 2. The van der Waals surface area contributed by atoms with E-state index < -0.39 is 17.7 Å². The van der Waals surface area contributed by atoms with E-state index in [-0.39, 0.29) is 24.2 Å². The molecule has 0 radical (unpaired) electrons. The zero-order valence-corrected chi connectivity index (χ0v) is 23.5. The van der Waals surface area contributed by atoms with Crippen molar-refractivity contribution >= 4 is 29.6 Å². The van der Waals surface area contributed by atoms with Crippen molar-refractivity contribution in [1.29, 1.82) is 0 Å². The Morgan fingerprint density at radius 2 is 1.56 bits per heavy atom. The average Bonchev–Trinajstić information content (AvgIpc) is 3.02. The Morgan fingerprint density at radius 1 is 0.902 bits per heavy atom. The van der Waals surface area contributed by atoms with Gasteiger partial charge in [-0.1, -0.05) is 60.7 Å². The highest BCUT2D eigenvalue weighted by Gasteiger charge is 2.32. The Balaban J connectivity index is 1.28. The molecule has 4 rings (SSSR count). The van der Waals surface area contributed by atoms with E-state index in [9.17, 15) is 19.2 Å². The molecule has 2 saturated heterocycles. The topological polar surface area (TPSA) is 108 Å². The first-order chi connectivity index (χ1) is 20.0. The number of hydrogen-bond donors (Lipinski definition) is 2. The monoisotopic (exact) mass is 560 g/mol. The van der Waals surface area contributed by atoms with Crippen LogP contribution in [0.25, 0.3) is 6.08 Å². The minimum absolute atomic E-state index is 0.0878. The zero-order valence-electron chi connectivity index (χ0n) is 23.5. The molecule has 2 fully saturated rings. The van der Waals surface area contributed by atoms with Gasteiger partial charge in [0, 0.05) is 51.1 Å². The number of ether oxygens (including phenoxy) is 1. The minimum atomic E-state index is -0.961.